The van der Waals surface area contributed by atoms with Crippen LogP contribution in [0.3, 0.4) is 0 Å². The summed E-state index contributed by atoms with van der Waals surface area (Å²) in [6, 6.07) is 0. The lowest BCUT2D eigenvalue weighted by molar-refractivity contribution is -0.136. The lowest BCUT2D eigenvalue weighted by Gasteiger charge is -2.36. The molecule has 1 aliphatic rings. The first kappa shape index (κ1) is 16.0. The van der Waals surface area contributed by atoms with E-state index in [1.54, 1.807) is 0 Å². The van der Waals surface area contributed by atoms with E-state index >= 15 is 0 Å². The molecule has 0 fully saturated rings. The summed E-state index contributed by atoms with van der Waals surface area (Å²) < 4.78 is 6.08. The first-order valence-corrected chi connectivity index (χ1v) is 7.85. The minimum atomic E-state index is -0.865. The average Bonchev–Trinajstić information content (AvgIpc) is 2.48. The van der Waals surface area contributed by atoms with Crippen molar-refractivity contribution in [3.8, 4) is 11.5 Å². The Kier molecular flexibility index (Phi) is 4.42. The van der Waals surface area contributed by atoms with Crippen LogP contribution in [0.15, 0.2) is 0 Å². The number of amides is 1. The van der Waals surface area contributed by atoms with E-state index in [0.29, 0.717) is 24.5 Å². The van der Waals surface area contributed by atoms with Gasteiger partial charge in [0.2, 0.25) is 0 Å². The SMILES string of the molecule is Cc1c(C)c2c(c(C)c1O)CCC(C)(C(=O)NCCS)O2. The van der Waals surface area contributed by atoms with Crippen LogP contribution in [0.1, 0.15) is 35.6 Å². The molecule has 5 heteroatoms. The summed E-state index contributed by atoms with van der Waals surface area (Å²) >= 11 is 4.10. The lowest BCUT2D eigenvalue weighted by Crippen LogP contribution is -2.51. The van der Waals surface area contributed by atoms with Crippen molar-refractivity contribution in [1.29, 1.82) is 0 Å². The van der Waals surface area contributed by atoms with E-state index < -0.39 is 5.60 Å². The summed E-state index contributed by atoms with van der Waals surface area (Å²) in [5.41, 5.74) is 2.71. The van der Waals surface area contributed by atoms with Gasteiger partial charge in [0.1, 0.15) is 11.5 Å². The van der Waals surface area contributed by atoms with Crippen LogP contribution in [0.4, 0.5) is 0 Å². The number of ether oxygens (including phenoxy) is 1. The minimum absolute atomic E-state index is 0.106. The number of fused-ring (bicyclic) bond motifs is 1. The smallest absolute Gasteiger partial charge is 0.263 e. The summed E-state index contributed by atoms with van der Waals surface area (Å²) in [5, 5.41) is 13.0. The monoisotopic (exact) mass is 309 g/mol. The maximum atomic E-state index is 12.3. The second-order valence-corrected chi connectivity index (χ2v) is 6.29. The molecule has 21 heavy (non-hydrogen) atoms. The average molecular weight is 309 g/mol. The predicted octanol–water partition coefficient (Wildman–Crippen LogP) is 2.45. The normalized spacial score (nSPS) is 20.6. The summed E-state index contributed by atoms with van der Waals surface area (Å²) in [7, 11) is 0. The number of nitrogens with one attached hydrogen (secondary N) is 1. The largest absolute Gasteiger partial charge is 0.507 e. The number of rotatable bonds is 3. The number of hydrogen-bond acceptors (Lipinski definition) is 4. The molecule has 2 N–H and O–H groups in total. The number of hydrogen-bond donors (Lipinski definition) is 3. The Morgan fingerprint density at radius 2 is 2.00 bits per heavy atom. The molecule has 0 aromatic heterocycles. The van der Waals surface area contributed by atoms with Gasteiger partial charge in [-0.1, -0.05) is 0 Å². The Balaban J connectivity index is 2.38. The molecule has 0 radical (unpaired) electrons. The molecule has 2 rings (SSSR count). The van der Waals surface area contributed by atoms with E-state index in [1.165, 1.54) is 0 Å². The Hall–Kier alpha value is -1.36. The highest BCUT2D eigenvalue weighted by molar-refractivity contribution is 7.80. The van der Waals surface area contributed by atoms with E-state index in [0.717, 1.165) is 34.4 Å². The first-order valence-electron chi connectivity index (χ1n) is 7.21. The zero-order valence-corrected chi connectivity index (χ0v) is 13.9. The maximum absolute atomic E-state index is 12.3. The zero-order chi connectivity index (χ0) is 15.8. The standard InChI is InChI=1S/C16H23NO3S/c1-9-10(2)14-12(11(3)13(9)18)5-6-16(4,20-14)15(19)17-7-8-21/h18,21H,5-8H2,1-4H3,(H,17,19). The van der Waals surface area contributed by atoms with Gasteiger partial charge in [-0.25, -0.2) is 0 Å². The van der Waals surface area contributed by atoms with Crippen LogP contribution in [-0.4, -0.2) is 28.9 Å². The molecule has 1 aromatic carbocycles. The number of benzene rings is 1. The van der Waals surface area contributed by atoms with Crippen LogP contribution < -0.4 is 10.1 Å². The van der Waals surface area contributed by atoms with E-state index in [9.17, 15) is 9.90 Å². The minimum Gasteiger partial charge on any atom is -0.507 e. The summed E-state index contributed by atoms with van der Waals surface area (Å²) in [4.78, 5) is 12.3. The van der Waals surface area contributed by atoms with E-state index in [1.807, 2.05) is 27.7 Å². The van der Waals surface area contributed by atoms with Gasteiger partial charge in [-0.3, -0.25) is 4.79 Å². The van der Waals surface area contributed by atoms with E-state index in [-0.39, 0.29) is 5.91 Å². The molecule has 0 spiro atoms. The highest BCUT2D eigenvalue weighted by Crippen LogP contribution is 2.43. The Bertz CT molecular complexity index is 586. The van der Waals surface area contributed by atoms with Crippen molar-refractivity contribution in [3.05, 3.63) is 22.3 Å². The van der Waals surface area contributed by atoms with Crippen LogP contribution in [-0.2, 0) is 11.2 Å². The fourth-order valence-electron chi connectivity index (χ4n) is 2.76. The Morgan fingerprint density at radius 1 is 1.33 bits per heavy atom. The van der Waals surface area contributed by atoms with Crippen LogP contribution >= 0.6 is 12.6 Å². The van der Waals surface area contributed by atoms with Gasteiger partial charge < -0.3 is 15.2 Å². The van der Waals surface area contributed by atoms with Crippen LogP contribution in [0.5, 0.6) is 11.5 Å². The number of phenols is 1. The molecular formula is C16H23NO3S. The van der Waals surface area contributed by atoms with Gasteiger partial charge in [0.25, 0.3) is 5.91 Å². The number of carbonyl (C=O) groups is 1. The second-order valence-electron chi connectivity index (χ2n) is 5.84. The molecule has 0 aliphatic carbocycles. The summed E-state index contributed by atoms with van der Waals surface area (Å²) in [5.74, 6) is 1.57. The fourth-order valence-corrected chi connectivity index (χ4v) is 2.88. The molecule has 1 aliphatic heterocycles. The fraction of sp³-hybridized carbons (Fsp3) is 0.562. The van der Waals surface area contributed by atoms with E-state index in [2.05, 4.69) is 17.9 Å². The number of aromatic hydroxyl groups is 1. The number of thiol groups is 1. The van der Waals surface area contributed by atoms with Crippen molar-refractivity contribution in [3.63, 3.8) is 0 Å². The molecule has 0 saturated carbocycles. The quantitative estimate of drug-likeness (QED) is 0.752. The topological polar surface area (TPSA) is 58.6 Å². The van der Waals surface area contributed by atoms with Crippen LogP contribution in [0, 0.1) is 20.8 Å². The molecule has 116 valence electrons. The molecule has 1 unspecified atom stereocenters. The molecule has 1 aromatic rings. The second kappa shape index (κ2) is 5.79. The molecule has 1 atom stereocenters. The van der Waals surface area contributed by atoms with Gasteiger partial charge in [-0.15, -0.1) is 0 Å². The van der Waals surface area contributed by atoms with E-state index in [4.69, 9.17) is 4.74 Å². The van der Waals surface area contributed by atoms with Gasteiger partial charge in [-0.2, -0.15) is 12.6 Å². The highest BCUT2D eigenvalue weighted by atomic mass is 32.1. The third-order valence-electron chi connectivity index (χ3n) is 4.40. The van der Waals surface area contributed by atoms with Gasteiger partial charge in [0.05, 0.1) is 0 Å². The van der Waals surface area contributed by atoms with Gasteiger partial charge in [-0.05, 0) is 50.8 Å². The van der Waals surface area contributed by atoms with Crippen molar-refractivity contribution in [2.45, 2.75) is 46.1 Å². The molecule has 0 bridgehead atoms. The summed E-state index contributed by atoms with van der Waals surface area (Å²) in [6.45, 7) is 8.04. The van der Waals surface area contributed by atoms with Crippen molar-refractivity contribution in [1.82, 2.24) is 5.32 Å². The van der Waals surface area contributed by atoms with Crippen molar-refractivity contribution in [2.75, 3.05) is 12.3 Å². The number of phenolic OH excluding ortho intramolecular Hbond substituents is 1. The zero-order valence-electron chi connectivity index (χ0n) is 13.0. The number of carbonyl (C=O) groups excluding carboxylic acids is 1. The molecule has 1 heterocycles. The molecule has 1 amide bonds. The van der Waals surface area contributed by atoms with Crippen molar-refractivity contribution < 1.29 is 14.6 Å². The lowest BCUT2D eigenvalue weighted by atomic mass is 9.86. The van der Waals surface area contributed by atoms with Crippen molar-refractivity contribution >= 4 is 18.5 Å². The van der Waals surface area contributed by atoms with Crippen molar-refractivity contribution in [2.24, 2.45) is 0 Å². The molecule has 4 nitrogen and oxygen atoms in total. The van der Waals surface area contributed by atoms with Gasteiger partial charge in [0.15, 0.2) is 5.60 Å². The highest BCUT2D eigenvalue weighted by Gasteiger charge is 2.40. The van der Waals surface area contributed by atoms with Crippen LogP contribution in [0.2, 0.25) is 0 Å². The van der Waals surface area contributed by atoms with Crippen LogP contribution in [0.25, 0.3) is 0 Å². The van der Waals surface area contributed by atoms with Gasteiger partial charge >= 0.3 is 0 Å². The summed E-state index contributed by atoms with van der Waals surface area (Å²) in [6.07, 6.45) is 1.32. The molecular weight excluding hydrogens is 286 g/mol. The first-order chi connectivity index (χ1) is 9.81. The Morgan fingerprint density at radius 3 is 2.62 bits per heavy atom. The Labute approximate surface area is 131 Å². The van der Waals surface area contributed by atoms with Gasteiger partial charge in [0, 0.05) is 24.3 Å². The predicted molar refractivity (Wildman–Crippen MR) is 86.5 cm³/mol. The third-order valence-corrected chi connectivity index (χ3v) is 4.62. The molecule has 0 saturated heterocycles. The maximum Gasteiger partial charge on any atom is 0.263 e. The third kappa shape index (κ3) is 2.71.